The number of thioether (sulfide) groups is 2. The Morgan fingerprint density at radius 3 is 3.00 bits per heavy atom. The van der Waals surface area contributed by atoms with E-state index in [1.807, 2.05) is 43.0 Å². The van der Waals surface area contributed by atoms with Crippen LogP contribution >= 0.6 is 23.5 Å². The van der Waals surface area contributed by atoms with E-state index in [2.05, 4.69) is 0 Å². The SMILES string of the molecule is CC1CSCCN1S(=O)(=O)CCSc1cccc(N)c1. The third-order valence-electron chi connectivity index (χ3n) is 3.13. The van der Waals surface area contributed by atoms with Crippen LogP contribution < -0.4 is 5.73 Å². The molecule has 7 heteroatoms. The molecule has 1 atom stereocenters. The first-order valence-electron chi connectivity index (χ1n) is 6.54. The van der Waals surface area contributed by atoms with Crippen LogP contribution in [0.15, 0.2) is 29.2 Å². The molecule has 1 heterocycles. The van der Waals surface area contributed by atoms with Crippen molar-refractivity contribution in [2.75, 3.05) is 35.3 Å². The molecule has 0 saturated carbocycles. The lowest BCUT2D eigenvalue weighted by molar-refractivity contribution is 0.368. The zero-order chi connectivity index (χ0) is 14.6. The van der Waals surface area contributed by atoms with Gasteiger partial charge in [-0.2, -0.15) is 16.1 Å². The standard InChI is InChI=1S/C13H20N2O2S3/c1-11-10-18-6-5-15(11)20(16,17)8-7-19-13-4-2-3-12(14)9-13/h2-4,9,11H,5-8,10,14H2,1H3. The fraction of sp³-hybridized carbons (Fsp3) is 0.538. The highest BCUT2D eigenvalue weighted by atomic mass is 32.2. The third kappa shape index (κ3) is 4.31. The minimum absolute atomic E-state index is 0.108. The van der Waals surface area contributed by atoms with Gasteiger partial charge in [-0.1, -0.05) is 6.07 Å². The van der Waals surface area contributed by atoms with E-state index >= 15 is 0 Å². The highest BCUT2D eigenvalue weighted by molar-refractivity contribution is 8.00. The predicted octanol–water partition coefficient (Wildman–Crippen LogP) is 2.13. The van der Waals surface area contributed by atoms with Crippen molar-refractivity contribution in [1.29, 1.82) is 0 Å². The maximum atomic E-state index is 12.3. The highest BCUT2D eigenvalue weighted by Crippen LogP contribution is 2.23. The summed E-state index contributed by atoms with van der Waals surface area (Å²) in [6.45, 7) is 2.62. The maximum Gasteiger partial charge on any atom is 0.215 e. The van der Waals surface area contributed by atoms with Crippen LogP contribution in [0.3, 0.4) is 0 Å². The Hall–Kier alpha value is -0.370. The van der Waals surface area contributed by atoms with Crippen LogP contribution in [0.4, 0.5) is 5.69 Å². The molecule has 2 rings (SSSR count). The fourth-order valence-corrected chi connectivity index (χ4v) is 6.37. The summed E-state index contributed by atoms with van der Waals surface area (Å²) in [4.78, 5) is 1.02. The van der Waals surface area contributed by atoms with Crippen molar-refractivity contribution in [3.63, 3.8) is 0 Å². The van der Waals surface area contributed by atoms with Gasteiger partial charge in [0.25, 0.3) is 0 Å². The monoisotopic (exact) mass is 332 g/mol. The first kappa shape index (κ1) is 16.0. The van der Waals surface area contributed by atoms with Gasteiger partial charge >= 0.3 is 0 Å². The Kier molecular flexibility index (Phi) is 5.65. The van der Waals surface area contributed by atoms with E-state index in [0.29, 0.717) is 18.0 Å². The average Bonchev–Trinajstić information content (AvgIpc) is 2.39. The molecule has 20 heavy (non-hydrogen) atoms. The molecule has 0 aromatic heterocycles. The number of nitrogen functional groups attached to an aromatic ring is 1. The van der Waals surface area contributed by atoms with E-state index in [1.165, 1.54) is 11.8 Å². The fourth-order valence-electron chi connectivity index (χ4n) is 2.11. The third-order valence-corrected chi connectivity index (χ3v) is 7.55. The number of rotatable bonds is 5. The molecule has 1 unspecified atom stereocenters. The smallest absolute Gasteiger partial charge is 0.215 e. The van der Waals surface area contributed by atoms with Crippen LogP contribution in [0, 0.1) is 0 Å². The minimum Gasteiger partial charge on any atom is -0.399 e. The summed E-state index contributed by atoms with van der Waals surface area (Å²) in [5, 5.41) is 0. The molecule has 1 aliphatic heterocycles. The summed E-state index contributed by atoms with van der Waals surface area (Å²) >= 11 is 3.36. The number of hydrogen-bond acceptors (Lipinski definition) is 5. The molecule has 0 bridgehead atoms. The number of benzene rings is 1. The normalized spacial score (nSPS) is 20.9. The van der Waals surface area contributed by atoms with E-state index in [1.54, 1.807) is 4.31 Å². The Bertz CT molecular complexity index is 548. The molecule has 4 nitrogen and oxygen atoms in total. The molecule has 0 spiro atoms. The molecule has 112 valence electrons. The molecule has 1 aromatic rings. The zero-order valence-electron chi connectivity index (χ0n) is 11.5. The number of nitrogens with zero attached hydrogens (tertiary/aromatic N) is 1. The van der Waals surface area contributed by atoms with E-state index in [9.17, 15) is 8.42 Å². The lowest BCUT2D eigenvalue weighted by Gasteiger charge is -2.31. The molecule has 0 aliphatic carbocycles. The molecule has 0 amide bonds. The average molecular weight is 333 g/mol. The molecule has 1 aromatic carbocycles. The summed E-state index contributed by atoms with van der Waals surface area (Å²) < 4.78 is 26.3. The number of nitrogens with two attached hydrogens (primary N) is 1. The van der Waals surface area contributed by atoms with Gasteiger partial charge in [0, 0.05) is 40.4 Å². The van der Waals surface area contributed by atoms with E-state index in [-0.39, 0.29) is 11.8 Å². The maximum absolute atomic E-state index is 12.3. The molecule has 0 radical (unpaired) electrons. The van der Waals surface area contributed by atoms with Gasteiger partial charge in [0.2, 0.25) is 10.0 Å². The van der Waals surface area contributed by atoms with Gasteiger partial charge in [-0.3, -0.25) is 0 Å². The van der Waals surface area contributed by atoms with Gasteiger partial charge in [-0.05, 0) is 25.1 Å². The van der Waals surface area contributed by atoms with Crippen molar-refractivity contribution in [3.05, 3.63) is 24.3 Å². The van der Waals surface area contributed by atoms with Crippen molar-refractivity contribution in [3.8, 4) is 0 Å². The molecule has 1 saturated heterocycles. The van der Waals surface area contributed by atoms with E-state index < -0.39 is 10.0 Å². The molecule has 1 fully saturated rings. The number of anilines is 1. The van der Waals surface area contributed by atoms with E-state index in [0.717, 1.165) is 16.4 Å². The lowest BCUT2D eigenvalue weighted by atomic mass is 10.3. The second kappa shape index (κ2) is 7.06. The van der Waals surface area contributed by atoms with Gasteiger partial charge in [0.05, 0.1) is 5.75 Å². The van der Waals surface area contributed by atoms with Gasteiger partial charge < -0.3 is 5.73 Å². The topological polar surface area (TPSA) is 63.4 Å². The zero-order valence-corrected chi connectivity index (χ0v) is 13.9. The summed E-state index contributed by atoms with van der Waals surface area (Å²) in [5.41, 5.74) is 6.42. The van der Waals surface area contributed by atoms with Gasteiger partial charge in [0.1, 0.15) is 0 Å². The van der Waals surface area contributed by atoms with Gasteiger partial charge in [-0.15, -0.1) is 11.8 Å². The van der Waals surface area contributed by atoms with Crippen molar-refractivity contribution >= 4 is 39.2 Å². The van der Waals surface area contributed by atoms with Crippen molar-refractivity contribution in [2.45, 2.75) is 17.9 Å². The van der Waals surface area contributed by atoms with Crippen molar-refractivity contribution in [2.24, 2.45) is 0 Å². The number of sulfonamides is 1. The van der Waals surface area contributed by atoms with E-state index in [4.69, 9.17) is 5.73 Å². The minimum atomic E-state index is -3.14. The second-order valence-corrected chi connectivity index (χ2v) is 9.13. The van der Waals surface area contributed by atoms with Crippen molar-refractivity contribution in [1.82, 2.24) is 4.31 Å². The number of hydrogen-bond donors (Lipinski definition) is 1. The van der Waals surface area contributed by atoms with Gasteiger partial charge in [-0.25, -0.2) is 8.42 Å². The highest BCUT2D eigenvalue weighted by Gasteiger charge is 2.29. The Balaban J connectivity index is 1.89. The van der Waals surface area contributed by atoms with Crippen LogP contribution in [0.5, 0.6) is 0 Å². The van der Waals surface area contributed by atoms with Crippen LogP contribution in [0.25, 0.3) is 0 Å². The van der Waals surface area contributed by atoms with Gasteiger partial charge in [0.15, 0.2) is 0 Å². The predicted molar refractivity (Wildman–Crippen MR) is 88.9 cm³/mol. The van der Waals surface area contributed by atoms with Crippen LogP contribution in [-0.2, 0) is 10.0 Å². The molecule has 2 N–H and O–H groups in total. The first-order valence-corrected chi connectivity index (χ1v) is 10.3. The summed E-state index contributed by atoms with van der Waals surface area (Å²) in [5.74, 6) is 2.52. The lowest BCUT2D eigenvalue weighted by Crippen LogP contribution is -2.45. The summed E-state index contributed by atoms with van der Waals surface area (Å²) in [6.07, 6.45) is 0. The van der Waals surface area contributed by atoms with Crippen LogP contribution in [0.1, 0.15) is 6.92 Å². The Labute approximate surface area is 129 Å². The molecule has 1 aliphatic rings. The molecular formula is C13H20N2O2S3. The summed E-state index contributed by atoms with van der Waals surface area (Å²) in [7, 11) is -3.14. The Morgan fingerprint density at radius 2 is 2.30 bits per heavy atom. The largest absolute Gasteiger partial charge is 0.399 e. The molecular weight excluding hydrogens is 312 g/mol. The quantitative estimate of drug-likeness (QED) is 0.661. The van der Waals surface area contributed by atoms with Crippen LogP contribution in [0.2, 0.25) is 0 Å². The first-order chi connectivity index (χ1) is 9.49. The second-order valence-electron chi connectivity index (χ2n) is 4.77. The van der Waals surface area contributed by atoms with Crippen molar-refractivity contribution < 1.29 is 8.42 Å². The Morgan fingerprint density at radius 1 is 1.50 bits per heavy atom. The summed E-state index contributed by atoms with van der Waals surface area (Å²) in [6, 6.07) is 7.64. The van der Waals surface area contributed by atoms with Crippen LogP contribution in [-0.4, -0.2) is 48.3 Å².